The van der Waals surface area contributed by atoms with E-state index in [-0.39, 0.29) is 11.6 Å². The van der Waals surface area contributed by atoms with Gasteiger partial charge in [-0.25, -0.2) is 13.8 Å². The van der Waals surface area contributed by atoms with E-state index in [0.717, 1.165) is 24.0 Å². The van der Waals surface area contributed by atoms with Crippen LogP contribution in [0, 0.1) is 11.6 Å². The molecule has 0 amide bonds. The van der Waals surface area contributed by atoms with E-state index < -0.39 is 11.6 Å². The molecule has 7 heteroatoms. The molecule has 1 atom stereocenters. The van der Waals surface area contributed by atoms with E-state index in [0.29, 0.717) is 18.3 Å². The summed E-state index contributed by atoms with van der Waals surface area (Å²) in [5.74, 6) is 2.31. The molecule has 1 unspecified atom stereocenters. The van der Waals surface area contributed by atoms with Crippen molar-refractivity contribution in [3.05, 3.63) is 17.7 Å². The average Bonchev–Trinajstić information content (AvgIpc) is 2.46. The van der Waals surface area contributed by atoms with Crippen molar-refractivity contribution in [3.8, 4) is 0 Å². The van der Waals surface area contributed by atoms with Gasteiger partial charge in [0.1, 0.15) is 0 Å². The van der Waals surface area contributed by atoms with Crippen LogP contribution in [-0.2, 0) is 0 Å². The monoisotopic (exact) mass is 319 g/mol. The van der Waals surface area contributed by atoms with Gasteiger partial charge in [-0.2, -0.15) is 23.5 Å². The maximum atomic E-state index is 13.7. The highest BCUT2D eigenvalue weighted by Gasteiger charge is 2.16. The molecular formula is C13H19F2N3S2. The summed E-state index contributed by atoms with van der Waals surface area (Å²) >= 11 is 3.80. The van der Waals surface area contributed by atoms with E-state index in [1.165, 1.54) is 5.75 Å². The van der Waals surface area contributed by atoms with Crippen LogP contribution in [0.15, 0.2) is 6.07 Å². The molecule has 20 heavy (non-hydrogen) atoms. The number of pyridine rings is 1. The van der Waals surface area contributed by atoms with E-state index in [1.54, 1.807) is 0 Å². The summed E-state index contributed by atoms with van der Waals surface area (Å²) in [5, 5.41) is 6.32. The van der Waals surface area contributed by atoms with E-state index in [2.05, 4.69) is 15.6 Å². The molecule has 2 N–H and O–H groups in total. The van der Waals surface area contributed by atoms with Gasteiger partial charge >= 0.3 is 0 Å². The van der Waals surface area contributed by atoms with Crippen molar-refractivity contribution >= 4 is 35.2 Å². The lowest BCUT2D eigenvalue weighted by atomic mass is 10.3. The molecule has 1 aliphatic rings. The summed E-state index contributed by atoms with van der Waals surface area (Å²) in [6, 6.07) is 0.885. The van der Waals surface area contributed by atoms with E-state index in [1.807, 2.05) is 30.4 Å². The number of anilines is 2. The van der Waals surface area contributed by atoms with Crippen LogP contribution in [-0.4, -0.2) is 40.6 Å². The Labute approximate surface area is 126 Å². The summed E-state index contributed by atoms with van der Waals surface area (Å²) in [4.78, 5) is 4.01. The standard InChI is InChI=1S/C13H19F2N3S2/c1-2-3-16-12-10(14)6-11(15)13(18-12)17-7-9-8-19-4-5-20-9/h6,9H,2-5,7-8H2,1H3,(H2,16,17,18). The number of thioether (sulfide) groups is 2. The third-order valence-corrected chi connectivity index (χ3v) is 5.70. The zero-order valence-corrected chi connectivity index (χ0v) is 13.0. The van der Waals surface area contributed by atoms with Crippen molar-refractivity contribution in [1.82, 2.24) is 4.98 Å². The first-order valence-electron chi connectivity index (χ1n) is 6.73. The normalized spacial score (nSPS) is 18.9. The molecule has 1 aromatic heterocycles. The Kier molecular flexibility index (Phi) is 6.22. The Morgan fingerprint density at radius 1 is 1.25 bits per heavy atom. The van der Waals surface area contributed by atoms with Gasteiger partial charge in [0.05, 0.1) is 0 Å². The first kappa shape index (κ1) is 15.7. The van der Waals surface area contributed by atoms with Crippen LogP contribution in [0.4, 0.5) is 20.4 Å². The van der Waals surface area contributed by atoms with E-state index >= 15 is 0 Å². The predicted molar refractivity (Wildman–Crippen MR) is 85.0 cm³/mol. The van der Waals surface area contributed by atoms with Gasteiger partial charge in [-0.1, -0.05) is 6.92 Å². The number of rotatable bonds is 6. The first-order chi connectivity index (χ1) is 9.70. The zero-order chi connectivity index (χ0) is 14.4. The van der Waals surface area contributed by atoms with Crippen LogP contribution in [0.2, 0.25) is 0 Å². The number of halogens is 2. The summed E-state index contributed by atoms with van der Waals surface area (Å²) < 4.78 is 27.3. The maximum absolute atomic E-state index is 13.7. The minimum absolute atomic E-state index is 0.112. The highest BCUT2D eigenvalue weighted by Crippen LogP contribution is 2.25. The predicted octanol–water partition coefficient (Wildman–Crippen LogP) is 3.44. The van der Waals surface area contributed by atoms with Crippen LogP contribution < -0.4 is 10.6 Å². The van der Waals surface area contributed by atoms with Crippen LogP contribution in [0.25, 0.3) is 0 Å². The molecule has 2 rings (SSSR count). The molecule has 0 bridgehead atoms. The van der Waals surface area contributed by atoms with Crippen molar-refractivity contribution < 1.29 is 8.78 Å². The quantitative estimate of drug-likeness (QED) is 0.840. The summed E-state index contributed by atoms with van der Waals surface area (Å²) in [6.45, 7) is 3.25. The van der Waals surface area contributed by atoms with Gasteiger partial charge in [-0.15, -0.1) is 0 Å². The van der Waals surface area contributed by atoms with E-state index in [9.17, 15) is 8.78 Å². The molecule has 0 radical (unpaired) electrons. The molecule has 3 nitrogen and oxygen atoms in total. The van der Waals surface area contributed by atoms with Gasteiger partial charge in [0, 0.05) is 41.7 Å². The van der Waals surface area contributed by atoms with Gasteiger partial charge in [0.15, 0.2) is 23.3 Å². The van der Waals surface area contributed by atoms with Gasteiger partial charge in [0.2, 0.25) is 0 Å². The minimum Gasteiger partial charge on any atom is -0.368 e. The second kappa shape index (κ2) is 7.93. The average molecular weight is 319 g/mol. The summed E-state index contributed by atoms with van der Waals surface area (Å²) in [5.41, 5.74) is 0. The fraction of sp³-hybridized carbons (Fsp3) is 0.615. The van der Waals surface area contributed by atoms with Crippen molar-refractivity contribution in [2.24, 2.45) is 0 Å². The number of nitrogens with one attached hydrogen (secondary N) is 2. The molecule has 0 aromatic carbocycles. The molecule has 1 fully saturated rings. The molecule has 0 spiro atoms. The van der Waals surface area contributed by atoms with Crippen LogP contribution >= 0.6 is 23.5 Å². The first-order valence-corrected chi connectivity index (χ1v) is 8.94. The van der Waals surface area contributed by atoms with Crippen molar-refractivity contribution in [2.45, 2.75) is 18.6 Å². The van der Waals surface area contributed by atoms with Gasteiger partial charge in [0.25, 0.3) is 0 Å². The fourth-order valence-electron chi connectivity index (χ4n) is 1.82. The van der Waals surface area contributed by atoms with Crippen molar-refractivity contribution in [3.63, 3.8) is 0 Å². The lowest BCUT2D eigenvalue weighted by Crippen LogP contribution is -2.24. The second-order valence-electron chi connectivity index (χ2n) is 4.52. The molecule has 0 saturated carbocycles. The molecule has 0 aliphatic carbocycles. The Balaban J connectivity index is 1.98. The smallest absolute Gasteiger partial charge is 0.168 e. The molecule has 1 saturated heterocycles. The van der Waals surface area contributed by atoms with Gasteiger partial charge in [-0.05, 0) is 6.42 Å². The number of hydrogen-bond acceptors (Lipinski definition) is 5. The summed E-state index contributed by atoms with van der Waals surface area (Å²) in [6.07, 6.45) is 0.858. The molecule has 112 valence electrons. The zero-order valence-electron chi connectivity index (χ0n) is 11.4. The molecule has 1 aromatic rings. The lowest BCUT2D eigenvalue weighted by molar-refractivity contribution is 0.578. The third kappa shape index (κ3) is 4.41. The topological polar surface area (TPSA) is 37.0 Å². The molecular weight excluding hydrogens is 300 g/mol. The minimum atomic E-state index is -0.649. The van der Waals surface area contributed by atoms with Crippen LogP contribution in [0.5, 0.6) is 0 Å². The number of nitrogens with zero attached hydrogens (tertiary/aromatic N) is 1. The Hall–Kier alpha value is -0.690. The molecule has 1 aliphatic heterocycles. The highest BCUT2D eigenvalue weighted by molar-refractivity contribution is 8.06. The van der Waals surface area contributed by atoms with Crippen LogP contribution in [0.1, 0.15) is 13.3 Å². The van der Waals surface area contributed by atoms with Crippen molar-refractivity contribution in [2.75, 3.05) is 41.0 Å². The third-order valence-electron chi connectivity index (χ3n) is 2.85. The summed E-state index contributed by atoms with van der Waals surface area (Å²) in [7, 11) is 0. The fourth-order valence-corrected chi connectivity index (χ4v) is 4.43. The number of aromatic nitrogens is 1. The van der Waals surface area contributed by atoms with Crippen LogP contribution in [0.3, 0.4) is 0 Å². The highest BCUT2D eigenvalue weighted by atomic mass is 32.2. The Morgan fingerprint density at radius 2 is 2.00 bits per heavy atom. The van der Waals surface area contributed by atoms with Crippen molar-refractivity contribution in [1.29, 1.82) is 0 Å². The van der Waals surface area contributed by atoms with Gasteiger partial charge in [-0.3, -0.25) is 0 Å². The molecule has 2 heterocycles. The lowest BCUT2D eigenvalue weighted by Gasteiger charge is -2.21. The Bertz CT molecular complexity index is 440. The second-order valence-corrected chi connectivity index (χ2v) is 7.08. The maximum Gasteiger partial charge on any atom is 0.168 e. The largest absolute Gasteiger partial charge is 0.368 e. The number of hydrogen-bond donors (Lipinski definition) is 2. The Morgan fingerprint density at radius 3 is 2.65 bits per heavy atom. The SMILES string of the molecule is CCCNc1nc(NCC2CSCCS2)c(F)cc1F. The van der Waals surface area contributed by atoms with Gasteiger partial charge < -0.3 is 10.6 Å². The van der Waals surface area contributed by atoms with E-state index in [4.69, 9.17) is 0 Å².